The van der Waals surface area contributed by atoms with Crippen LogP contribution in [0, 0.1) is 5.82 Å². The maximum absolute atomic E-state index is 13.3. The van der Waals surface area contributed by atoms with Crippen LogP contribution in [-0.2, 0) is 6.61 Å². The second-order valence-corrected chi connectivity index (χ2v) is 5.30. The zero-order valence-corrected chi connectivity index (χ0v) is 12.2. The summed E-state index contributed by atoms with van der Waals surface area (Å²) in [5, 5.41) is 0. The number of ether oxygens (including phenoxy) is 1. The van der Waals surface area contributed by atoms with Gasteiger partial charge in [0.2, 0.25) is 0 Å². The molecule has 0 fully saturated rings. The van der Waals surface area contributed by atoms with Gasteiger partial charge in [-0.3, -0.25) is 0 Å². The van der Waals surface area contributed by atoms with Crippen molar-refractivity contribution in [1.29, 1.82) is 0 Å². The van der Waals surface area contributed by atoms with Crippen molar-refractivity contribution in [2.75, 3.05) is 0 Å². The molecule has 0 saturated heterocycles. The molecule has 0 bridgehead atoms. The number of halogens is 2. The Kier molecular flexibility index (Phi) is 4.56. The molecule has 2 aromatic rings. The Balaban J connectivity index is 2.14. The molecule has 0 amide bonds. The predicted molar refractivity (Wildman–Crippen MR) is 77.5 cm³/mol. The molecule has 2 N–H and O–H groups in total. The molecule has 0 spiro atoms. The molecule has 2 nitrogen and oxygen atoms in total. The van der Waals surface area contributed by atoms with Gasteiger partial charge in [0.15, 0.2) is 0 Å². The molecule has 0 aliphatic rings. The van der Waals surface area contributed by atoms with Crippen LogP contribution in [-0.4, -0.2) is 0 Å². The highest BCUT2D eigenvalue weighted by atomic mass is 79.9. The Morgan fingerprint density at radius 1 is 1.21 bits per heavy atom. The van der Waals surface area contributed by atoms with Crippen molar-refractivity contribution in [3.05, 3.63) is 63.9 Å². The Hall–Kier alpha value is -1.39. The van der Waals surface area contributed by atoms with Gasteiger partial charge in [0.05, 0.1) is 0 Å². The Bertz CT molecular complexity index is 555. The van der Waals surface area contributed by atoms with E-state index in [1.54, 1.807) is 6.07 Å². The van der Waals surface area contributed by atoms with Crippen LogP contribution >= 0.6 is 15.9 Å². The summed E-state index contributed by atoms with van der Waals surface area (Å²) >= 11 is 3.37. The van der Waals surface area contributed by atoms with Crippen LogP contribution in [0.2, 0.25) is 0 Å². The van der Waals surface area contributed by atoms with E-state index in [-0.39, 0.29) is 11.9 Å². The quantitative estimate of drug-likeness (QED) is 0.915. The molecule has 0 aliphatic heterocycles. The van der Waals surface area contributed by atoms with E-state index >= 15 is 0 Å². The van der Waals surface area contributed by atoms with E-state index < -0.39 is 0 Å². The summed E-state index contributed by atoms with van der Waals surface area (Å²) in [7, 11) is 0. The molecule has 4 heteroatoms. The van der Waals surface area contributed by atoms with Gasteiger partial charge in [-0.2, -0.15) is 0 Å². The molecule has 0 aromatic heterocycles. The van der Waals surface area contributed by atoms with Crippen LogP contribution in [0.15, 0.2) is 46.9 Å². The number of benzene rings is 2. The third kappa shape index (κ3) is 3.78. The fourth-order valence-corrected chi connectivity index (χ4v) is 2.02. The first-order valence-electron chi connectivity index (χ1n) is 5.98. The van der Waals surface area contributed by atoms with E-state index in [4.69, 9.17) is 10.5 Å². The van der Waals surface area contributed by atoms with Crippen molar-refractivity contribution < 1.29 is 9.13 Å². The van der Waals surface area contributed by atoms with Crippen LogP contribution < -0.4 is 10.5 Å². The van der Waals surface area contributed by atoms with Crippen LogP contribution in [0.1, 0.15) is 24.1 Å². The average molecular weight is 324 g/mol. The monoisotopic (exact) mass is 323 g/mol. The summed E-state index contributed by atoms with van der Waals surface area (Å²) in [6.45, 7) is 2.23. The second kappa shape index (κ2) is 6.17. The van der Waals surface area contributed by atoms with E-state index in [0.29, 0.717) is 12.4 Å². The minimum atomic E-state index is -0.324. The van der Waals surface area contributed by atoms with Gasteiger partial charge in [-0.15, -0.1) is 0 Å². The standard InChI is InChI=1S/C15H15BrFNO/c1-10(18)14-7-6-13(17)8-15(14)19-9-11-2-4-12(16)5-3-11/h2-8,10H,9,18H2,1H3/t10-/m1/s1. The lowest BCUT2D eigenvalue weighted by atomic mass is 10.1. The molecule has 0 radical (unpaired) electrons. The lowest BCUT2D eigenvalue weighted by Crippen LogP contribution is -2.08. The van der Waals surface area contributed by atoms with E-state index in [1.165, 1.54) is 12.1 Å². The largest absolute Gasteiger partial charge is 0.488 e. The number of rotatable bonds is 4. The topological polar surface area (TPSA) is 35.2 Å². The Morgan fingerprint density at radius 2 is 1.89 bits per heavy atom. The molecule has 0 heterocycles. The number of hydrogen-bond donors (Lipinski definition) is 1. The van der Waals surface area contributed by atoms with E-state index in [2.05, 4.69) is 15.9 Å². The average Bonchev–Trinajstić information content (AvgIpc) is 2.38. The van der Waals surface area contributed by atoms with Gasteiger partial charge in [-0.1, -0.05) is 34.1 Å². The molecule has 0 unspecified atom stereocenters. The molecule has 0 aliphatic carbocycles. The summed E-state index contributed by atoms with van der Waals surface area (Å²) < 4.78 is 19.9. The molecular weight excluding hydrogens is 309 g/mol. The summed E-state index contributed by atoms with van der Waals surface area (Å²) in [4.78, 5) is 0. The third-order valence-corrected chi connectivity index (χ3v) is 3.30. The van der Waals surface area contributed by atoms with E-state index in [9.17, 15) is 4.39 Å². The number of hydrogen-bond acceptors (Lipinski definition) is 2. The normalized spacial score (nSPS) is 12.2. The SMILES string of the molecule is C[C@@H](N)c1ccc(F)cc1OCc1ccc(Br)cc1. The van der Waals surface area contributed by atoms with Gasteiger partial charge in [0.25, 0.3) is 0 Å². The number of nitrogens with two attached hydrogens (primary N) is 1. The highest BCUT2D eigenvalue weighted by Crippen LogP contribution is 2.25. The van der Waals surface area contributed by atoms with Crippen LogP contribution in [0.3, 0.4) is 0 Å². The van der Waals surface area contributed by atoms with Gasteiger partial charge in [-0.05, 0) is 30.7 Å². The zero-order valence-electron chi connectivity index (χ0n) is 10.6. The van der Waals surface area contributed by atoms with E-state index in [1.807, 2.05) is 31.2 Å². The zero-order chi connectivity index (χ0) is 13.8. The van der Waals surface area contributed by atoms with Gasteiger partial charge >= 0.3 is 0 Å². The van der Waals surface area contributed by atoms with Crippen molar-refractivity contribution in [3.63, 3.8) is 0 Å². The van der Waals surface area contributed by atoms with Gasteiger partial charge in [-0.25, -0.2) is 4.39 Å². The highest BCUT2D eigenvalue weighted by Gasteiger charge is 2.09. The van der Waals surface area contributed by atoms with Crippen molar-refractivity contribution in [1.82, 2.24) is 0 Å². The van der Waals surface area contributed by atoms with Gasteiger partial charge in [0, 0.05) is 22.1 Å². The molecule has 19 heavy (non-hydrogen) atoms. The van der Waals surface area contributed by atoms with Crippen molar-refractivity contribution in [3.8, 4) is 5.75 Å². The van der Waals surface area contributed by atoms with Crippen LogP contribution in [0.4, 0.5) is 4.39 Å². The Labute approximate surface area is 120 Å². The van der Waals surface area contributed by atoms with Gasteiger partial charge in [0.1, 0.15) is 18.2 Å². The third-order valence-electron chi connectivity index (χ3n) is 2.77. The second-order valence-electron chi connectivity index (χ2n) is 4.39. The molecule has 0 saturated carbocycles. The first kappa shape index (κ1) is 14.0. The lowest BCUT2D eigenvalue weighted by molar-refractivity contribution is 0.300. The molecule has 2 rings (SSSR count). The first-order valence-corrected chi connectivity index (χ1v) is 6.78. The van der Waals surface area contributed by atoms with Crippen molar-refractivity contribution >= 4 is 15.9 Å². The van der Waals surface area contributed by atoms with Crippen molar-refractivity contribution in [2.45, 2.75) is 19.6 Å². The fraction of sp³-hybridized carbons (Fsp3) is 0.200. The first-order chi connectivity index (χ1) is 9.06. The Morgan fingerprint density at radius 3 is 2.53 bits per heavy atom. The predicted octanol–water partition coefficient (Wildman–Crippen LogP) is 4.19. The van der Waals surface area contributed by atoms with E-state index in [0.717, 1.165) is 15.6 Å². The fourth-order valence-electron chi connectivity index (χ4n) is 1.75. The summed E-state index contributed by atoms with van der Waals surface area (Å²) in [6.07, 6.45) is 0. The maximum atomic E-state index is 13.3. The summed E-state index contributed by atoms with van der Waals surface area (Å²) in [5.74, 6) is 0.174. The minimum Gasteiger partial charge on any atom is -0.488 e. The molecular formula is C15H15BrFNO. The van der Waals surface area contributed by atoms with Crippen LogP contribution in [0.25, 0.3) is 0 Å². The smallest absolute Gasteiger partial charge is 0.127 e. The lowest BCUT2D eigenvalue weighted by Gasteiger charge is -2.14. The summed E-state index contributed by atoms with van der Waals surface area (Å²) in [6, 6.07) is 12.0. The molecule has 100 valence electrons. The van der Waals surface area contributed by atoms with Crippen LogP contribution in [0.5, 0.6) is 5.75 Å². The van der Waals surface area contributed by atoms with Crippen molar-refractivity contribution in [2.24, 2.45) is 5.73 Å². The minimum absolute atomic E-state index is 0.194. The summed E-state index contributed by atoms with van der Waals surface area (Å²) in [5.41, 5.74) is 7.67. The molecule has 1 atom stereocenters. The highest BCUT2D eigenvalue weighted by molar-refractivity contribution is 9.10. The maximum Gasteiger partial charge on any atom is 0.127 e. The molecule has 2 aromatic carbocycles. The van der Waals surface area contributed by atoms with Gasteiger partial charge < -0.3 is 10.5 Å².